The van der Waals surface area contributed by atoms with E-state index in [1.807, 2.05) is 0 Å². The van der Waals surface area contributed by atoms with Crippen LogP contribution in [0.5, 0.6) is 0 Å². The van der Waals surface area contributed by atoms with Gasteiger partial charge < -0.3 is 5.11 Å². The van der Waals surface area contributed by atoms with Gasteiger partial charge in [-0.15, -0.1) is 6.58 Å². The minimum atomic E-state index is -0.997. The molecule has 2 N–H and O–H groups in total. The fraction of sp³-hybridized carbons (Fsp3) is 0.625. The number of hydrazine groups is 1. The number of rotatable bonds is 4. The molecule has 68 valence electrons. The molecule has 1 saturated carbocycles. The van der Waals surface area contributed by atoms with Crippen LogP contribution in [0.15, 0.2) is 12.7 Å². The van der Waals surface area contributed by atoms with Gasteiger partial charge >= 0.3 is 6.09 Å². The number of hydrogen-bond acceptors (Lipinski definition) is 2. The highest BCUT2D eigenvalue weighted by atomic mass is 16.4. The second kappa shape index (κ2) is 4.11. The Hall–Kier alpha value is -1.03. The molecule has 1 fully saturated rings. The molecule has 0 saturated heterocycles. The molecule has 0 aliphatic heterocycles. The average molecular weight is 170 g/mol. The van der Waals surface area contributed by atoms with Gasteiger partial charge in [-0.05, 0) is 12.8 Å². The van der Waals surface area contributed by atoms with E-state index in [2.05, 4.69) is 12.0 Å². The molecule has 0 heterocycles. The van der Waals surface area contributed by atoms with Crippen molar-refractivity contribution in [3.8, 4) is 0 Å². The smallest absolute Gasteiger partial charge is 0.419 e. The Bertz CT molecular complexity index is 178. The molecule has 0 radical (unpaired) electrons. The fourth-order valence-corrected chi connectivity index (χ4v) is 1.25. The first-order valence-corrected chi connectivity index (χ1v) is 4.11. The Labute approximate surface area is 71.8 Å². The van der Waals surface area contributed by atoms with Crippen molar-refractivity contribution in [3.63, 3.8) is 0 Å². The maximum absolute atomic E-state index is 10.3. The quantitative estimate of drug-likeness (QED) is 0.492. The lowest BCUT2D eigenvalue weighted by molar-refractivity contribution is 0.0785. The number of carbonyl (C=O) groups is 1. The second-order valence-corrected chi connectivity index (χ2v) is 2.94. The highest BCUT2D eigenvalue weighted by Gasteiger charge is 2.24. The van der Waals surface area contributed by atoms with E-state index in [1.54, 1.807) is 11.1 Å². The predicted octanol–water partition coefficient (Wildman–Crippen LogP) is 1.21. The van der Waals surface area contributed by atoms with Crippen LogP contribution in [0.2, 0.25) is 0 Å². The number of amides is 1. The van der Waals surface area contributed by atoms with Crippen molar-refractivity contribution in [1.82, 2.24) is 10.4 Å². The van der Waals surface area contributed by atoms with E-state index in [0.29, 0.717) is 12.6 Å². The summed E-state index contributed by atoms with van der Waals surface area (Å²) in [6.07, 6.45) is 4.06. The summed E-state index contributed by atoms with van der Waals surface area (Å²) in [5, 5.41) is 10.2. The number of nitrogens with one attached hydrogen (secondary N) is 1. The normalized spacial score (nSPS) is 17.1. The van der Waals surface area contributed by atoms with E-state index in [1.165, 1.54) is 6.42 Å². The summed E-state index contributed by atoms with van der Waals surface area (Å²) in [6.45, 7) is 4.15. The Morgan fingerprint density at radius 1 is 1.75 bits per heavy atom. The van der Waals surface area contributed by atoms with Gasteiger partial charge in [-0.2, -0.15) is 0 Å². The Kier molecular flexibility index (Phi) is 3.10. The van der Waals surface area contributed by atoms with Crippen molar-refractivity contribution >= 4 is 6.09 Å². The molecule has 1 aliphatic rings. The summed E-state index contributed by atoms with van der Waals surface area (Å²) in [6, 6.07) is 0.374. The van der Waals surface area contributed by atoms with Crippen LogP contribution >= 0.6 is 0 Å². The summed E-state index contributed by atoms with van der Waals surface area (Å²) in [7, 11) is 0. The van der Waals surface area contributed by atoms with Gasteiger partial charge in [0.15, 0.2) is 0 Å². The van der Waals surface area contributed by atoms with Gasteiger partial charge in [0.05, 0.1) is 0 Å². The number of carboxylic acid groups (broad SMARTS) is 1. The molecule has 0 spiro atoms. The fourth-order valence-electron chi connectivity index (χ4n) is 1.25. The molecule has 4 heteroatoms. The summed E-state index contributed by atoms with van der Waals surface area (Å²) >= 11 is 0. The maximum Gasteiger partial charge on any atom is 0.419 e. The van der Waals surface area contributed by atoms with Gasteiger partial charge in [0.25, 0.3) is 0 Å². The summed E-state index contributed by atoms with van der Waals surface area (Å²) in [5.74, 6) is 0. The van der Waals surface area contributed by atoms with E-state index in [9.17, 15) is 4.79 Å². The van der Waals surface area contributed by atoms with Crippen LogP contribution in [0.25, 0.3) is 0 Å². The molecule has 4 nitrogen and oxygen atoms in total. The molecule has 0 atom stereocenters. The van der Waals surface area contributed by atoms with Crippen LogP contribution in [0.4, 0.5) is 4.79 Å². The topological polar surface area (TPSA) is 52.6 Å². The molecule has 12 heavy (non-hydrogen) atoms. The van der Waals surface area contributed by atoms with Crippen LogP contribution < -0.4 is 5.43 Å². The minimum Gasteiger partial charge on any atom is -0.464 e. The SMILES string of the molecule is C=CCN(NC(=O)O)C1CCC1. The first-order valence-electron chi connectivity index (χ1n) is 4.11. The highest BCUT2D eigenvalue weighted by Crippen LogP contribution is 2.23. The van der Waals surface area contributed by atoms with E-state index >= 15 is 0 Å². The van der Waals surface area contributed by atoms with Crippen LogP contribution in [0.3, 0.4) is 0 Å². The van der Waals surface area contributed by atoms with Gasteiger partial charge in [0, 0.05) is 12.6 Å². The molecule has 1 aliphatic carbocycles. The molecule has 1 amide bonds. The lowest BCUT2D eigenvalue weighted by Crippen LogP contribution is -2.50. The van der Waals surface area contributed by atoms with Crippen molar-refractivity contribution in [2.45, 2.75) is 25.3 Å². The van der Waals surface area contributed by atoms with E-state index < -0.39 is 6.09 Å². The highest BCUT2D eigenvalue weighted by molar-refractivity contribution is 5.63. The van der Waals surface area contributed by atoms with Gasteiger partial charge in [0.1, 0.15) is 0 Å². The van der Waals surface area contributed by atoms with Gasteiger partial charge in [-0.25, -0.2) is 9.80 Å². The lowest BCUT2D eigenvalue weighted by atomic mass is 9.92. The summed E-state index contributed by atoms with van der Waals surface area (Å²) in [5.41, 5.74) is 2.36. The van der Waals surface area contributed by atoms with Crippen molar-refractivity contribution in [2.75, 3.05) is 6.54 Å². The Morgan fingerprint density at radius 2 is 2.42 bits per heavy atom. The number of hydrogen-bond donors (Lipinski definition) is 2. The third-order valence-electron chi connectivity index (χ3n) is 2.08. The second-order valence-electron chi connectivity index (χ2n) is 2.94. The zero-order valence-corrected chi connectivity index (χ0v) is 6.99. The van der Waals surface area contributed by atoms with Crippen LogP contribution in [-0.4, -0.2) is 28.8 Å². The lowest BCUT2D eigenvalue weighted by Gasteiger charge is -2.35. The summed E-state index contributed by atoms with van der Waals surface area (Å²) in [4.78, 5) is 10.3. The Morgan fingerprint density at radius 3 is 2.75 bits per heavy atom. The minimum absolute atomic E-state index is 0.374. The van der Waals surface area contributed by atoms with E-state index in [4.69, 9.17) is 5.11 Å². The molecule has 0 bridgehead atoms. The van der Waals surface area contributed by atoms with Crippen molar-refractivity contribution in [2.24, 2.45) is 0 Å². The largest absolute Gasteiger partial charge is 0.464 e. The molecule has 1 rings (SSSR count). The number of nitrogens with zero attached hydrogens (tertiary/aromatic N) is 1. The third-order valence-corrected chi connectivity index (χ3v) is 2.08. The van der Waals surface area contributed by atoms with E-state index in [-0.39, 0.29) is 0 Å². The van der Waals surface area contributed by atoms with Crippen LogP contribution in [-0.2, 0) is 0 Å². The first kappa shape index (κ1) is 9.06. The monoisotopic (exact) mass is 170 g/mol. The van der Waals surface area contributed by atoms with Gasteiger partial charge in [-0.1, -0.05) is 12.5 Å². The molecule has 0 aromatic carbocycles. The summed E-state index contributed by atoms with van der Waals surface area (Å²) < 4.78 is 0. The molecular formula is C8H14N2O2. The maximum atomic E-state index is 10.3. The van der Waals surface area contributed by atoms with Crippen LogP contribution in [0.1, 0.15) is 19.3 Å². The van der Waals surface area contributed by atoms with Crippen LogP contribution in [0, 0.1) is 0 Å². The van der Waals surface area contributed by atoms with Gasteiger partial charge in [-0.3, -0.25) is 5.43 Å². The molecule has 0 aromatic heterocycles. The first-order chi connectivity index (χ1) is 5.74. The average Bonchev–Trinajstić information content (AvgIpc) is 1.81. The van der Waals surface area contributed by atoms with E-state index in [0.717, 1.165) is 12.8 Å². The predicted molar refractivity (Wildman–Crippen MR) is 45.7 cm³/mol. The molecule has 0 aromatic rings. The zero-order valence-electron chi connectivity index (χ0n) is 6.99. The third kappa shape index (κ3) is 2.23. The molecular weight excluding hydrogens is 156 g/mol. The van der Waals surface area contributed by atoms with Gasteiger partial charge in [0.2, 0.25) is 0 Å². The van der Waals surface area contributed by atoms with Crippen molar-refractivity contribution < 1.29 is 9.90 Å². The van der Waals surface area contributed by atoms with Crippen molar-refractivity contribution in [3.05, 3.63) is 12.7 Å². The zero-order chi connectivity index (χ0) is 8.97. The standard InChI is InChI=1S/C8H14N2O2/c1-2-6-10(9-8(11)12)7-4-3-5-7/h2,7,9H,1,3-6H2,(H,11,12). The van der Waals surface area contributed by atoms with Crippen molar-refractivity contribution in [1.29, 1.82) is 0 Å². The Balaban J connectivity index is 2.36. The molecule has 0 unspecified atom stereocenters.